The lowest BCUT2D eigenvalue weighted by molar-refractivity contribution is -0.311. The van der Waals surface area contributed by atoms with Gasteiger partial charge in [0.2, 0.25) is 0 Å². The molecule has 0 fully saturated rings. The zero-order chi connectivity index (χ0) is 15.2. The van der Waals surface area contributed by atoms with E-state index >= 15 is 0 Å². The van der Waals surface area contributed by atoms with Crippen LogP contribution in [0.1, 0.15) is 26.3 Å². The largest absolute Gasteiger partial charge is 0.550 e. The predicted molar refractivity (Wildman–Crippen MR) is 72.9 cm³/mol. The van der Waals surface area contributed by atoms with Gasteiger partial charge in [0.25, 0.3) is 0 Å². The van der Waals surface area contributed by atoms with Gasteiger partial charge in [-0.3, -0.25) is 0 Å². The van der Waals surface area contributed by atoms with Crippen molar-refractivity contribution >= 4 is 12.1 Å². The number of nitrogens with one attached hydrogen (secondary N) is 1. The van der Waals surface area contributed by atoms with Crippen molar-refractivity contribution in [2.24, 2.45) is 5.92 Å². The van der Waals surface area contributed by atoms with Crippen LogP contribution in [0.25, 0.3) is 0 Å². The minimum absolute atomic E-state index is 0.0217. The lowest BCUT2D eigenvalue weighted by Gasteiger charge is -2.22. The number of carbonyl (C=O) groups excluding carboxylic acids is 2. The fourth-order valence-electron chi connectivity index (χ4n) is 1.66. The summed E-state index contributed by atoms with van der Waals surface area (Å²) in [5.41, 5.74) is 0.271. The van der Waals surface area contributed by atoms with Gasteiger partial charge >= 0.3 is 6.09 Å². The molecule has 1 rings (SSSR count). The van der Waals surface area contributed by atoms with Gasteiger partial charge in [-0.1, -0.05) is 30.3 Å². The van der Waals surface area contributed by atoms with Crippen molar-refractivity contribution in [1.29, 1.82) is 0 Å². The van der Waals surface area contributed by atoms with E-state index in [4.69, 9.17) is 4.74 Å². The average Bonchev–Trinajstić information content (AvgIpc) is 2.33. The van der Waals surface area contributed by atoms with Crippen LogP contribution in [-0.2, 0) is 16.0 Å². The van der Waals surface area contributed by atoms with Crippen LogP contribution in [0.5, 0.6) is 0 Å². The molecule has 0 aliphatic rings. The van der Waals surface area contributed by atoms with Gasteiger partial charge in [-0.05, 0) is 32.8 Å². The molecule has 5 heteroatoms. The third-order valence-electron chi connectivity index (χ3n) is 2.55. The fraction of sp³-hybridized carbons (Fsp3) is 0.467. The van der Waals surface area contributed by atoms with E-state index in [1.165, 1.54) is 0 Å². The van der Waals surface area contributed by atoms with Crippen LogP contribution < -0.4 is 10.4 Å². The minimum atomic E-state index is -1.19. The van der Waals surface area contributed by atoms with Crippen molar-refractivity contribution < 1.29 is 19.4 Å². The molecule has 1 aromatic carbocycles. The summed E-state index contributed by atoms with van der Waals surface area (Å²) in [4.78, 5) is 22.6. The van der Waals surface area contributed by atoms with Crippen LogP contribution >= 0.6 is 0 Å². The van der Waals surface area contributed by atoms with Crippen molar-refractivity contribution in [3.63, 3.8) is 0 Å². The number of rotatable bonds is 5. The zero-order valence-electron chi connectivity index (χ0n) is 12.0. The highest BCUT2D eigenvalue weighted by atomic mass is 16.6. The molecule has 1 aromatic rings. The van der Waals surface area contributed by atoms with E-state index in [1.54, 1.807) is 20.8 Å². The van der Waals surface area contributed by atoms with Gasteiger partial charge in [0.15, 0.2) is 0 Å². The maximum Gasteiger partial charge on any atom is 0.407 e. The summed E-state index contributed by atoms with van der Waals surface area (Å²) in [6, 6.07) is 9.20. The Morgan fingerprint density at radius 3 is 2.35 bits per heavy atom. The molecule has 0 aromatic heterocycles. The number of carbonyl (C=O) groups is 2. The normalized spacial score (nSPS) is 12.6. The molecule has 0 radical (unpaired) electrons. The number of amides is 1. The fourth-order valence-corrected chi connectivity index (χ4v) is 1.66. The number of ether oxygens (including phenoxy) is 1. The Morgan fingerprint density at radius 2 is 1.85 bits per heavy atom. The summed E-state index contributed by atoms with van der Waals surface area (Å²) in [5, 5.41) is 13.6. The summed E-state index contributed by atoms with van der Waals surface area (Å²) >= 11 is 0. The lowest BCUT2D eigenvalue weighted by atomic mass is 9.99. The first-order valence-corrected chi connectivity index (χ1v) is 6.49. The maximum atomic E-state index is 11.5. The highest BCUT2D eigenvalue weighted by Crippen LogP contribution is 2.09. The van der Waals surface area contributed by atoms with Gasteiger partial charge in [-0.2, -0.15) is 0 Å². The number of aliphatic carboxylic acids is 1. The molecule has 0 bridgehead atoms. The molecule has 20 heavy (non-hydrogen) atoms. The Kier molecular flexibility index (Phi) is 5.55. The summed E-state index contributed by atoms with van der Waals surface area (Å²) in [6.45, 7) is 5.21. The molecule has 0 aliphatic heterocycles. The van der Waals surface area contributed by atoms with Crippen LogP contribution in [-0.4, -0.2) is 24.2 Å². The maximum absolute atomic E-state index is 11.5. The Balaban J connectivity index is 2.52. The lowest BCUT2D eigenvalue weighted by Crippen LogP contribution is -2.42. The first-order valence-electron chi connectivity index (χ1n) is 6.49. The van der Waals surface area contributed by atoms with E-state index in [0.29, 0.717) is 6.42 Å². The van der Waals surface area contributed by atoms with E-state index in [0.717, 1.165) is 5.56 Å². The van der Waals surface area contributed by atoms with Gasteiger partial charge < -0.3 is 20.0 Å². The van der Waals surface area contributed by atoms with Crippen LogP contribution in [0.4, 0.5) is 4.79 Å². The summed E-state index contributed by atoms with van der Waals surface area (Å²) < 4.78 is 5.05. The van der Waals surface area contributed by atoms with Crippen molar-refractivity contribution in [3.05, 3.63) is 35.9 Å². The summed E-state index contributed by atoms with van der Waals surface area (Å²) in [7, 11) is 0. The average molecular weight is 278 g/mol. The second-order valence-electron chi connectivity index (χ2n) is 5.59. The van der Waals surface area contributed by atoms with Crippen molar-refractivity contribution in [1.82, 2.24) is 5.32 Å². The highest BCUT2D eigenvalue weighted by Gasteiger charge is 2.18. The number of hydrogen-bond acceptors (Lipinski definition) is 4. The standard InChI is InChI=1S/C15H21NO4/c1-15(2,3)20-14(19)16-10-12(13(17)18)9-11-7-5-4-6-8-11/h4-8,12H,9-10H2,1-3H3,(H,16,19)(H,17,18)/p-1/t12-/m1/s1. The van der Waals surface area contributed by atoms with Crippen LogP contribution in [0, 0.1) is 5.92 Å². The van der Waals surface area contributed by atoms with Gasteiger partial charge in [0, 0.05) is 18.4 Å². The minimum Gasteiger partial charge on any atom is -0.550 e. The Morgan fingerprint density at radius 1 is 1.25 bits per heavy atom. The SMILES string of the molecule is CC(C)(C)OC(=O)NC[C@@H](Cc1ccccc1)C(=O)[O-]. The monoisotopic (exact) mass is 278 g/mol. The third-order valence-corrected chi connectivity index (χ3v) is 2.55. The molecule has 0 aliphatic carbocycles. The first kappa shape index (κ1) is 16.0. The van der Waals surface area contributed by atoms with Gasteiger partial charge in [0.05, 0.1) is 0 Å². The molecule has 1 amide bonds. The number of benzene rings is 1. The molecular weight excluding hydrogens is 258 g/mol. The van der Waals surface area contributed by atoms with Crippen LogP contribution in [0.3, 0.4) is 0 Å². The van der Waals surface area contributed by atoms with E-state index in [9.17, 15) is 14.7 Å². The summed E-state index contributed by atoms with van der Waals surface area (Å²) in [6.07, 6.45) is -0.323. The smallest absolute Gasteiger partial charge is 0.407 e. The van der Waals surface area contributed by atoms with Gasteiger partial charge in [-0.15, -0.1) is 0 Å². The van der Waals surface area contributed by atoms with E-state index in [2.05, 4.69) is 5.32 Å². The second-order valence-corrected chi connectivity index (χ2v) is 5.59. The molecule has 0 unspecified atom stereocenters. The first-order chi connectivity index (χ1) is 9.28. The van der Waals surface area contributed by atoms with E-state index < -0.39 is 23.6 Å². The molecule has 5 nitrogen and oxygen atoms in total. The van der Waals surface area contributed by atoms with Crippen molar-refractivity contribution in [2.75, 3.05) is 6.54 Å². The highest BCUT2D eigenvalue weighted by molar-refractivity contribution is 5.71. The zero-order valence-corrected chi connectivity index (χ0v) is 12.0. The topological polar surface area (TPSA) is 78.5 Å². The quantitative estimate of drug-likeness (QED) is 0.875. The second kappa shape index (κ2) is 6.93. The third kappa shape index (κ3) is 6.22. The van der Waals surface area contributed by atoms with Gasteiger partial charge in [-0.25, -0.2) is 4.79 Å². The molecule has 110 valence electrons. The molecule has 1 N–H and O–H groups in total. The Labute approximate surface area is 118 Å². The molecule has 0 saturated heterocycles. The molecule has 1 atom stereocenters. The van der Waals surface area contributed by atoms with Crippen molar-refractivity contribution in [3.8, 4) is 0 Å². The molecule has 0 saturated carbocycles. The van der Waals surface area contributed by atoms with Crippen LogP contribution in [0.15, 0.2) is 30.3 Å². The molecular formula is C15H20NO4-. The van der Waals surface area contributed by atoms with Gasteiger partial charge in [0.1, 0.15) is 5.60 Å². The number of hydrogen-bond donors (Lipinski definition) is 1. The van der Waals surface area contributed by atoms with E-state index in [1.807, 2.05) is 30.3 Å². The predicted octanol–water partition coefficient (Wildman–Crippen LogP) is 1.12. The summed E-state index contributed by atoms with van der Waals surface area (Å²) in [5.74, 6) is -1.98. The Bertz CT molecular complexity index is 451. The van der Waals surface area contributed by atoms with Crippen molar-refractivity contribution in [2.45, 2.75) is 32.8 Å². The number of carboxylic acid groups (broad SMARTS) is 1. The number of alkyl carbamates (subject to hydrolysis) is 1. The molecule has 0 heterocycles. The number of carboxylic acids is 1. The Hall–Kier alpha value is -2.04. The molecule has 0 spiro atoms. The van der Waals surface area contributed by atoms with Crippen LogP contribution in [0.2, 0.25) is 0 Å². The van der Waals surface area contributed by atoms with E-state index in [-0.39, 0.29) is 6.54 Å².